The van der Waals surface area contributed by atoms with Gasteiger partial charge in [0.25, 0.3) is 0 Å². The molecule has 3 nitrogen and oxygen atoms in total. The van der Waals surface area contributed by atoms with Crippen molar-refractivity contribution in [2.75, 3.05) is 0 Å². The van der Waals surface area contributed by atoms with Crippen LogP contribution in [0.25, 0.3) is 0 Å². The average Bonchev–Trinajstić information content (AvgIpc) is 2.18. The summed E-state index contributed by atoms with van der Waals surface area (Å²) in [5.74, 6) is -0.606. The van der Waals surface area contributed by atoms with E-state index in [0.29, 0.717) is 0 Å². The van der Waals surface area contributed by atoms with Crippen molar-refractivity contribution < 1.29 is 15.0 Å². The molecule has 0 fully saturated rings. The molecule has 1 aromatic carbocycles. The molecule has 0 aromatic heterocycles. The van der Waals surface area contributed by atoms with E-state index in [2.05, 4.69) is 33.9 Å². The van der Waals surface area contributed by atoms with E-state index in [9.17, 15) is 15.0 Å². The Bertz CT molecular complexity index is 429. The number of carbonyl (C=O) groups is 1. The van der Waals surface area contributed by atoms with Gasteiger partial charge in [-0.15, -0.1) is 0 Å². The van der Waals surface area contributed by atoms with Crippen molar-refractivity contribution in [3.63, 3.8) is 0 Å². The smallest absolute Gasteiger partial charge is 0.308 e. The van der Waals surface area contributed by atoms with E-state index in [1.807, 2.05) is 0 Å². The zero-order valence-electron chi connectivity index (χ0n) is 11.7. The summed E-state index contributed by atoms with van der Waals surface area (Å²) in [6.45, 7) is 10.5. The van der Waals surface area contributed by atoms with Gasteiger partial charge in [0.05, 0.1) is 13.6 Å². The fourth-order valence-electron chi connectivity index (χ4n) is 1.97. The molecule has 1 unspecified atom stereocenters. The molecular formula is C14H22O3Si. The molecule has 1 atom stereocenters. The van der Waals surface area contributed by atoms with Gasteiger partial charge in [-0.2, -0.15) is 0 Å². The van der Waals surface area contributed by atoms with Gasteiger partial charge >= 0.3 is 5.97 Å². The van der Waals surface area contributed by atoms with E-state index >= 15 is 0 Å². The van der Waals surface area contributed by atoms with Gasteiger partial charge in [0, 0.05) is 0 Å². The lowest BCUT2D eigenvalue weighted by molar-refractivity contribution is -0.137. The fraction of sp³-hybridized carbons (Fsp3) is 0.500. The highest BCUT2D eigenvalue weighted by molar-refractivity contribution is 6.84. The minimum absolute atomic E-state index is 0.00601. The average molecular weight is 266 g/mol. The molecule has 0 radical (unpaired) electrons. The second-order valence-electron chi connectivity index (χ2n) is 6.33. The summed E-state index contributed by atoms with van der Waals surface area (Å²) in [5.41, 5.74) is 0.324. The first kappa shape index (κ1) is 14.8. The number of hydrogen-bond donors (Lipinski definition) is 2. The summed E-state index contributed by atoms with van der Waals surface area (Å²) in [7, 11) is -2.04. The number of phenolic OH excluding ortho intramolecular Hbond substituents is 1. The number of carboxylic acid groups (broad SMARTS) is 1. The SMILES string of the molecule is CC(C)(C)[Si](C)(C)C(C(=O)O)c1ccc(O)cc1. The molecule has 0 aliphatic rings. The quantitative estimate of drug-likeness (QED) is 0.822. The van der Waals surface area contributed by atoms with Crippen molar-refractivity contribution in [2.45, 2.75) is 44.4 Å². The lowest BCUT2D eigenvalue weighted by Crippen LogP contribution is -2.47. The lowest BCUT2D eigenvalue weighted by Gasteiger charge is -2.41. The third-order valence-electron chi connectivity index (χ3n) is 4.13. The van der Waals surface area contributed by atoms with Crippen LogP contribution in [0.3, 0.4) is 0 Å². The lowest BCUT2D eigenvalue weighted by atomic mass is 10.1. The Kier molecular flexibility index (Phi) is 3.91. The molecule has 1 rings (SSSR count). The Morgan fingerprint density at radius 1 is 1.17 bits per heavy atom. The highest BCUT2D eigenvalue weighted by Crippen LogP contribution is 2.45. The van der Waals surface area contributed by atoms with Gasteiger partial charge in [0.2, 0.25) is 0 Å². The predicted molar refractivity (Wildman–Crippen MR) is 75.7 cm³/mol. The molecule has 4 heteroatoms. The Labute approximate surface area is 109 Å². The Hall–Kier alpha value is -1.29. The van der Waals surface area contributed by atoms with Crippen LogP contribution in [0.15, 0.2) is 24.3 Å². The van der Waals surface area contributed by atoms with Crippen molar-refractivity contribution in [3.8, 4) is 5.75 Å². The molecule has 2 N–H and O–H groups in total. The molecule has 100 valence electrons. The van der Waals surface area contributed by atoms with Crippen LogP contribution in [0.2, 0.25) is 18.1 Å². The first-order valence-corrected chi connectivity index (χ1v) is 9.17. The van der Waals surface area contributed by atoms with Crippen LogP contribution in [0, 0.1) is 0 Å². The Morgan fingerprint density at radius 2 is 1.61 bits per heavy atom. The van der Waals surface area contributed by atoms with Crippen molar-refractivity contribution in [3.05, 3.63) is 29.8 Å². The molecule has 0 saturated heterocycles. The first-order chi connectivity index (χ1) is 8.07. The molecule has 0 aliphatic carbocycles. The Morgan fingerprint density at radius 3 is 1.94 bits per heavy atom. The van der Waals surface area contributed by atoms with E-state index < -0.39 is 19.6 Å². The van der Waals surface area contributed by atoms with Crippen molar-refractivity contribution in [2.24, 2.45) is 0 Å². The van der Waals surface area contributed by atoms with Gasteiger partial charge in [-0.25, -0.2) is 0 Å². The summed E-state index contributed by atoms with van der Waals surface area (Å²) < 4.78 is 0. The maximum absolute atomic E-state index is 11.7. The number of benzene rings is 1. The van der Waals surface area contributed by atoms with Crippen LogP contribution in [0.4, 0.5) is 0 Å². The van der Waals surface area contributed by atoms with Crippen LogP contribution in [0.5, 0.6) is 5.75 Å². The van der Waals surface area contributed by atoms with E-state index in [-0.39, 0.29) is 10.8 Å². The van der Waals surface area contributed by atoms with E-state index in [1.165, 1.54) is 0 Å². The summed E-state index contributed by atoms with van der Waals surface area (Å²) >= 11 is 0. The normalized spacial score (nSPS) is 14.3. The minimum Gasteiger partial charge on any atom is -0.508 e. The van der Waals surface area contributed by atoms with Crippen molar-refractivity contribution in [1.29, 1.82) is 0 Å². The topological polar surface area (TPSA) is 57.5 Å². The van der Waals surface area contributed by atoms with E-state index in [0.717, 1.165) is 5.56 Å². The summed E-state index contributed by atoms with van der Waals surface area (Å²) in [5, 5.41) is 18.9. The van der Waals surface area contributed by atoms with Gasteiger partial charge in [-0.3, -0.25) is 4.79 Å². The fourth-order valence-corrected chi connectivity index (χ4v) is 4.48. The third kappa shape index (κ3) is 2.75. The number of carboxylic acids is 1. The van der Waals surface area contributed by atoms with E-state index in [4.69, 9.17) is 0 Å². The number of hydrogen-bond acceptors (Lipinski definition) is 2. The molecule has 0 heterocycles. The standard InChI is InChI=1S/C14H22O3Si/c1-14(2,3)18(4,5)12(13(16)17)10-6-8-11(15)9-7-10/h6-9,12,15H,1-5H3,(H,16,17). The molecule has 0 bridgehead atoms. The van der Waals surface area contributed by atoms with Gasteiger partial charge in [0.1, 0.15) is 5.75 Å². The zero-order valence-corrected chi connectivity index (χ0v) is 12.7. The Balaban J connectivity index is 3.27. The van der Waals surface area contributed by atoms with Crippen LogP contribution in [-0.4, -0.2) is 24.3 Å². The van der Waals surface area contributed by atoms with Gasteiger partial charge in [-0.05, 0) is 22.7 Å². The molecule has 0 spiro atoms. The van der Waals surface area contributed by atoms with Crippen molar-refractivity contribution >= 4 is 14.0 Å². The largest absolute Gasteiger partial charge is 0.508 e. The maximum atomic E-state index is 11.7. The van der Waals surface area contributed by atoms with Crippen LogP contribution >= 0.6 is 0 Å². The van der Waals surface area contributed by atoms with Gasteiger partial charge in [-0.1, -0.05) is 46.0 Å². The molecule has 18 heavy (non-hydrogen) atoms. The van der Waals surface area contributed by atoms with Crippen LogP contribution < -0.4 is 0 Å². The highest BCUT2D eigenvalue weighted by atomic mass is 28.3. The van der Waals surface area contributed by atoms with E-state index in [1.54, 1.807) is 24.3 Å². The van der Waals surface area contributed by atoms with Crippen LogP contribution in [0.1, 0.15) is 31.9 Å². The monoisotopic (exact) mass is 266 g/mol. The predicted octanol–water partition coefficient (Wildman–Crippen LogP) is 3.61. The zero-order chi connectivity index (χ0) is 14.1. The minimum atomic E-state index is -2.04. The van der Waals surface area contributed by atoms with Crippen LogP contribution in [-0.2, 0) is 4.79 Å². The number of rotatable bonds is 3. The molecule has 0 amide bonds. The number of aromatic hydroxyl groups is 1. The summed E-state index contributed by atoms with van der Waals surface area (Å²) in [4.78, 5) is 11.7. The molecule has 0 aliphatic heterocycles. The second-order valence-corrected chi connectivity index (χ2v) is 11.9. The number of aliphatic carboxylic acids is 1. The second kappa shape index (κ2) is 4.76. The third-order valence-corrected chi connectivity index (χ3v) is 10.0. The highest BCUT2D eigenvalue weighted by Gasteiger charge is 2.46. The molecular weight excluding hydrogens is 244 g/mol. The summed E-state index contributed by atoms with van der Waals surface area (Å²) in [6, 6.07) is 6.54. The van der Waals surface area contributed by atoms with Gasteiger partial charge in [0.15, 0.2) is 0 Å². The summed E-state index contributed by atoms with van der Waals surface area (Å²) in [6.07, 6.45) is 0. The number of phenols is 1. The molecule has 0 saturated carbocycles. The maximum Gasteiger partial charge on any atom is 0.308 e. The van der Waals surface area contributed by atoms with Gasteiger partial charge < -0.3 is 10.2 Å². The molecule has 1 aromatic rings. The van der Waals surface area contributed by atoms with Crippen molar-refractivity contribution in [1.82, 2.24) is 0 Å². The first-order valence-electron chi connectivity index (χ1n) is 6.09.